The van der Waals surface area contributed by atoms with Crippen molar-refractivity contribution in [1.82, 2.24) is 15.6 Å². The van der Waals surface area contributed by atoms with Crippen LogP contribution in [-0.4, -0.2) is 31.1 Å². The number of aromatic nitrogens is 1. The van der Waals surface area contributed by atoms with Crippen LogP contribution in [-0.2, 0) is 6.42 Å². The Morgan fingerprint density at radius 2 is 2.44 bits per heavy atom. The Kier molecular flexibility index (Phi) is 5.56. The summed E-state index contributed by atoms with van der Waals surface area (Å²) in [6.07, 6.45) is 4.63. The van der Waals surface area contributed by atoms with E-state index in [-0.39, 0.29) is 0 Å². The van der Waals surface area contributed by atoms with E-state index in [9.17, 15) is 0 Å². The molecule has 0 saturated carbocycles. The first-order valence-corrected chi connectivity index (χ1v) is 6.04. The zero-order chi connectivity index (χ0) is 11.8. The highest BCUT2D eigenvalue weighted by Gasteiger charge is 1.99. The fourth-order valence-corrected chi connectivity index (χ4v) is 1.98. The number of aliphatic imine (C=N–C) groups is 1. The van der Waals surface area contributed by atoms with E-state index >= 15 is 0 Å². The van der Waals surface area contributed by atoms with Gasteiger partial charge in [0, 0.05) is 37.6 Å². The van der Waals surface area contributed by atoms with Crippen molar-refractivity contribution in [2.45, 2.75) is 13.3 Å². The second-order valence-corrected chi connectivity index (χ2v) is 4.60. The molecule has 1 aromatic heterocycles. The van der Waals surface area contributed by atoms with Crippen LogP contribution in [0.5, 0.6) is 0 Å². The van der Waals surface area contributed by atoms with Crippen LogP contribution >= 0.6 is 11.3 Å². The maximum Gasteiger partial charge on any atom is 0.191 e. The summed E-state index contributed by atoms with van der Waals surface area (Å²) < 4.78 is 0. The molecule has 0 spiro atoms. The monoisotopic (exact) mass is 238 g/mol. The number of hydrogen-bond acceptors (Lipinski definition) is 3. The lowest BCUT2D eigenvalue weighted by Crippen LogP contribution is -2.38. The molecule has 0 amide bonds. The summed E-state index contributed by atoms with van der Waals surface area (Å²) in [6, 6.07) is 0. The highest BCUT2D eigenvalue weighted by Crippen LogP contribution is 2.10. The van der Waals surface area contributed by atoms with Crippen molar-refractivity contribution in [3.8, 4) is 0 Å². The Bertz CT molecular complexity index is 357. The summed E-state index contributed by atoms with van der Waals surface area (Å²) in [6.45, 7) is 7.27. The Labute approximate surface area is 101 Å². The van der Waals surface area contributed by atoms with Crippen molar-refractivity contribution >= 4 is 17.3 Å². The smallest absolute Gasteiger partial charge is 0.191 e. The number of hydrogen-bond donors (Lipinski definition) is 2. The lowest BCUT2D eigenvalue weighted by molar-refractivity contribution is 0.817. The molecule has 0 aliphatic rings. The molecule has 0 saturated heterocycles. The lowest BCUT2D eigenvalue weighted by atomic mass is 10.4. The molecule has 88 valence electrons. The normalized spacial score (nSPS) is 11.2. The van der Waals surface area contributed by atoms with Gasteiger partial charge in [0.05, 0.1) is 5.01 Å². The maximum absolute atomic E-state index is 4.30. The number of aryl methyl sites for hydroxylation is 1. The predicted octanol–water partition coefficient (Wildman–Crippen LogP) is 1.35. The Hall–Kier alpha value is -1.36. The molecule has 1 aromatic rings. The van der Waals surface area contributed by atoms with Crippen molar-refractivity contribution in [1.29, 1.82) is 0 Å². The molecular weight excluding hydrogens is 220 g/mol. The molecule has 1 rings (SSSR count). The third-order valence-electron chi connectivity index (χ3n) is 1.94. The third-order valence-corrected chi connectivity index (χ3v) is 2.91. The van der Waals surface area contributed by atoms with Gasteiger partial charge in [0.25, 0.3) is 0 Å². The summed E-state index contributed by atoms with van der Waals surface area (Å²) in [5.74, 6) is 0.799. The van der Waals surface area contributed by atoms with Crippen LogP contribution in [0.4, 0.5) is 0 Å². The molecule has 0 aromatic carbocycles. The molecule has 0 aliphatic carbocycles. The second-order valence-electron chi connectivity index (χ2n) is 3.28. The fourth-order valence-electron chi connectivity index (χ4n) is 1.19. The van der Waals surface area contributed by atoms with E-state index in [1.807, 2.05) is 6.20 Å². The van der Waals surface area contributed by atoms with Gasteiger partial charge in [0.15, 0.2) is 5.96 Å². The lowest BCUT2D eigenvalue weighted by Gasteiger charge is -2.09. The molecular formula is C11H18N4S. The quantitative estimate of drug-likeness (QED) is 0.462. The van der Waals surface area contributed by atoms with Crippen molar-refractivity contribution in [3.05, 3.63) is 28.7 Å². The van der Waals surface area contributed by atoms with Crippen LogP contribution in [0.25, 0.3) is 0 Å². The van der Waals surface area contributed by atoms with Crippen molar-refractivity contribution in [2.24, 2.45) is 4.99 Å². The van der Waals surface area contributed by atoms with Crippen molar-refractivity contribution < 1.29 is 0 Å². The van der Waals surface area contributed by atoms with Gasteiger partial charge in [0.1, 0.15) is 0 Å². The molecule has 4 nitrogen and oxygen atoms in total. The highest BCUT2D eigenvalue weighted by molar-refractivity contribution is 7.11. The van der Waals surface area contributed by atoms with E-state index in [0.29, 0.717) is 0 Å². The first-order chi connectivity index (χ1) is 7.76. The van der Waals surface area contributed by atoms with Crippen LogP contribution in [0, 0.1) is 6.92 Å². The number of thiazole rings is 1. The van der Waals surface area contributed by atoms with Gasteiger partial charge < -0.3 is 10.6 Å². The first-order valence-electron chi connectivity index (χ1n) is 5.23. The predicted molar refractivity (Wildman–Crippen MR) is 70.1 cm³/mol. The topological polar surface area (TPSA) is 49.3 Å². The fraction of sp³-hybridized carbons (Fsp3) is 0.455. The minimum absolute atomic E-state index is 0.718. The molecule has 2 N–H and O–H groups in total. The van der Waals surface area contributed by atoms with Crippen molar-refractivity contribution in [2.75, 3.05) is 20.1 Å². The molecule has 0 unspecified atom stereocenters. The summed E-state index contributed by atoms with van der Waals surface area (Å²) in [5, 5.41) is 7.49. The van der Waals surface area contributed by atoms with E-state index in [4.69, 9.17) is 0 Å². The molecule has 16 heavy (non-hydrogen) atoms. The van der Waals surface area contributed by atoms with Gasteiger partial charge in [-0.15, -0.1) is 17.9 Å². The summed E-state index contributed by atoms with van der Waals surface area (Å²) in [5.41, 5.74) is 0. The average molecular weight is 238 g/mol. The van der Waals surface area contributed by atoms with Gasteiger partial charge in [-0.05, 0) is 6.92 Å². The molecule has 0 atom stereocenters. The Balaban J connectivity index is 2.26. The van der Waals surface area contributed by atoms with Crippen LogP contribution in [0.2, 0.25) is 0 Å². The molecule has 0 fully saturated rings. The highest BCUT2D eigenvalue weighted by atomic mass is 32.1. The van der Waals surface area contributed by atoms with Gasteiger partial charge in [0.2, 0.25) is 0 Å². The molecule has 0 aliphatic heterocycles. The van der Waals surface area contributed by atoms with Crippen LogP contribution < -0.4 is 10.6 Å². The van der Waals surface area contributed by atoms with Gasteiger partial charge in [-0.3, -0.25) is 4.99 Å². The van der Waals surface area contributed by atoms with Crippen molar-refractivity contribution in [3.63, 3.8) is 0 Å². The molecule has 1 heterocycles. The standard InChI is InChI=1S/C11H18N4S/c1-4-6-13-11(12-3)14-7-5-10-15-8-9(2)16-10/h4,8H,1,5-7H2,2-3H3,(H2,12,13,14). The molecule has 0 radical (unpaired) electrons. The largest absolute Gasteiger partial charge is 0.356 e. The van der Waals surface area contributed by atoms with Gasteiger partial charge in [-0.2, -0.15) is 0 Å². The SMILES string of the molecule is C=CCNC(=NC)NCCc1ncc(C)s1. The average Bonchev–Trinajstić information content (AvgIpc) is 2.69. The zero-order valence-corrected chi connectivity index (χ0v) is 10.6. The Morgan fingerprint density at radius 1 is 1.62 bits per heavy atom. The zero-order valence-electron chi connectivity index (χ0n) is 9.79. The van der Waals surface area contributed by atoms with E-state index in [1.165, 1.54) is 4.88 Å². The van der Waals surface area contributed by atoms with Crippen LogP contribution in [0.1, 0.15) is 9.88 Å². The van der Waals surface area contributed by atoms with E-state index < -0.39 is 0 Å². The third kappa shape index (κ3) is 4.44. The van der Waals surface area contributed by atoms with Gasteiger partial charge in [-0.25, -0.2) is 4.98 Å². The number of nitrogens with zero attached hydrogens (tertiary/aromatic N) is 2. The first kappa shape index (κ1) is 12.7. The summed E-state index contributed by atoms with van der Waals surface area (Å²) in [7, 11) is 1.76. The van der Waals surface area contributed by atoms with E-state index in [1.54, 1.807) is 24.5 Å². The van der Waals surface area contributed by atoms with E-state index in [2.05, 4.69) is 34.1 Å². The van der Waals surface area contributed by atoms with Gasteiger partial charge in [-0.1, -0.05) is 6.08 Å². The molecule has 0 bridgehead atoms. The van der Waals surface area contributed by atoms with Crippen LogP contribution in [0.3, 0.4) is 0 Å². The molecule has 5 heteroatoms. The van der Waals surface area contributed by atoms with Gasteiger partial charge >= 0.3 is 0 Å². The number of rotatable bonds is 5. The Morgan fingerprint density at radius 3 is 3.00 bits per heavy atom. The minimum Gasteiger partial charge on any atom is -0.356 e. The van der Waals surface area contributed by atoms with Crippen LogP contribution in [0.15, 0.2) is 23.8 Å². The number of guanidine groups is 1. The maximum atomic E-state index is 4.30. The number of nitrogens with one attached hydrogen (secondary N) is 2. The second kappa shape index (κ2) is 7.00. The minimum atomic E-state index is 0.718. The van der Waals surface area contributed by atoms with E-state index in [0.717, 1.165) is 30.5 Å². The summed E-state index contributed by atoms with van der Waals surface area (Å²) in [4.78, 5) is 9.65. The summed E-state index contributed by atoms with van der Waals surface area (Å²) >= 11 is 1.74.